The monoisotopic (exact) mass is 306 g/mol. The standard InChI is InChI=1S/C13H11BrN2O2/c1-7-4-8(2)12(17-3)9(5-7)13-11(14)10(6-15)16-18-13/h4-5H,1-3H3. The number of rotatable bonds is 2. The summed E-state index contributed by atoms with van der Waals surface area (Å²) >= 11 is 3.33. The number of methoxy groups -OCH3 is 1. The number of aromatic nitrogens is 1. The molecule has 4 nitrogen and oxygen atoms in total. The van der Waals surface area contributed by atoms with E-state index in [0.717, 1.165) is 22.4 Å². The normalized spacial score (nSPS) is 10.2. The predicted molar refractivity (Wildman–Crippen MR) is 70.4 cm³/mol. The Balaban J connectivity index is 2.70. The average molecular weight is 307 g/mol. The molecule has 92 valence electrons. The summed E-state index contributed by atoms with van der Waals surface area (Å²) in [6.45, 7) is 3.95. The first-order valence-electron chi connectivity index (χ1n) is 5.29. The van der Waals surface area contributed by atoms with Crippen molar-refractivity contribution in [3.63, 3.8) is 0 Å². The molecule has 0 saturated heterocycles. The highest BCUT2D eigenvalue weighted by Gasteiger charge is 2.20. The fourth-order valence-corrected chi connectivity index (χ4v) is 2.36. The van der Waals surface area contributed by atoms with E-state index in [4.69, 9.17) is 14.5 Å². The van der Waals surface area contributed by atoms with Crippen molar-refractivity contribution in [1.82, 2.24) is 5.16 Å². The Kier molecular flexibility index (Phi) is 3.39. The smallest absolute Gasteiger partial charge is 0.198 e. The fourth-order valence-electron chi connectivity index (χ4n) is 1.91. The number of hydrogen-bond acceptors (Lipinski definition) is 4. The number of aryl methyl sites for hydroxylation is 2. The summed E-state index contributed by atoms with van der Waals surface area (Å²) in [6.07, 6.45) is 0. The highest BCUT2D eigenvalue weighted by Crippen LogP contribution is 2.39. The Bertz CT molecular complexity index is 641. The van der Waals surface area contributed by atoms with E-state index in [1.165, 1.54) is 0 Å². The van der Waals surface area contributed by atoms with Crippen LogP contribution in [0.2, 0.25) is 0 Å². The molecule has 0 unspecified atom stereocenters. The van der Waals surface area contributed by atoms with Crippen LogP contribution in [0.1, 0.15) is 16.8 Å². The Hall–Kier alpha value is -1.80. The van der Waals surface area contributed by atoms with Gasteiger partial charge in [0.25, 0.3) is 0 Å². The van der Waals surface area contributed by atoms with E-state index >= 15 is 0 Å². The van der Waals surface area contributed by atoms with Gasteiger partial charge in [-0.05, 0) is 47.0 Å². The van der Waals surface area contributed by atoms with Crippen molar-refractivity contribution in [2.45, 2.75) is 13.8 Å². The molecule has 1 aromatic carbocycles. The Morgan fingerprint density at radius 3 is 2.67 bits per heavy atom. The fraction of sp³-hybridized carbons (Fsp3) is 0.231. The molecule has 2 aromatic rings. The molecule has 0 aliphatic heterocycles. The minimum atomic E-state index is 0.228. The first kappa shape index (κ1) is 12.7. The van der Waals surface area contributed by atoms with Gasteiger partial charge in [0.15, 0.2) is 11.5 Å². The molecule has 0 aliphatic rings. The average Bonchev–Trinajstić information content (AvgIpc) is 2.69. The van der Waals surface area contributed by atoms with Crippen LogP contribution in [0.3, 0.4) is 0 Å². The van der Waals surface area contributed by atoms with Crippen molar-refractivity contribution in [3.05, 3.63) is 33.4 Å². The Morgan fingerprint density at radius 2 is 2.11 bits per heavy atom. The van der Waals surface area contributed by atoms with Crippen LogP contribution in [0.5, 0.6) is 5.75 Å². The van der Waals surface area contributed by atoms with Crippen molar-refractivity contribution in [1.29, 1.82) is 5.26 Å². The van der Waals surface area contributed by atoms with Crippen molar-refractivity contribution < 1.29 is 9.26 Å². The molecule has 0 amide bonds. The summed E-state index contributed by atoms with van der Waals surface area (Å²) in [4.78, 5) is 0. The van der Waals surface area contributed by atoms with E-state index in [-0.39, 0.29) is 5.69 Å². The molecule has 0 bridgehead atoms. The van der Waals surface area contributed by atoms with Crippen molar-refractivity contribution in [2.24, 2.45) is 0 Å². The molecule has 0 N–H and O–H groups in total. The minimum Gasteiger partial charge on any atom is -0.496 e. The van der Waals surface area contributed by atoms with Crippen LogP contribution in [0.25, 0.3) is 11.3 Å². The Labute approximate surface area is 113 Å². The summed E-state index contributed by atoms with van der Waals surface area (Å²) < 4.78 is 11.2. The van der Waals surface area contributed by atoms with E-state index < -0.39 is 0 Å². The van der Waals surface area contributed by atoms with E-state index in [9.17, 15) is 0 Å². The molecular formula is C13H11BrN2O2. The molecule has 18 heavy (non-hydrogen) atoms. The van der Waals surface area contributed by atoms with Crippen molar-refractivity contribution in [3.8, 4) is 23.1 Å². The molecule has 0 saturated carbocycles. The molecule has 1 aromatic heterocycles. The van der Waals surface area contributed by atoms with E-state index in [1.54, 1.807) is 7.11 Å². The summed E-state index contributed by atoms with van der Waals surface area (Å²) in [5.74, 6) is 1.23. The second-order valence-corrected chi connectivity index (χ2v) is 4.74. The summed E-state index contributed by atoms with van der Waals surface area (Å²) in [7, 11) is 1.61. The predicted octanol–water partition coefficient (Wildman–Crippen LogP) is 3.60. The topological polar surface area (TPSA) is 59.1 Å². The molecule has 5 heteroatoms. The maximum Gasteiger partial charge on any atom is 0.198 e. The molecular weight excluding hydrogens is 296 g/mol. The van der Waals surface area contributed by atoms with Gasteiger partial charge in [-0.3, -0.25) is 0 Å². The second-order valence-electron chi connectivity index (χ2n) is 3.95. The van der Waals surface area contributed by atoms with Crippen LogP contribution in [-0.2, 0) is 0 Å². The van der Waals surface area contributed by atoms with Crippen LogP contribution in [0.15, 0.2) is 21.1 Å². The lowest BCUT2D eigenvalue weighted by atomic mass is 10.0. The first-order chi connectivity index (χ1) is 8.58. The first-order valence-corrected chi connectivity index (χ1v) is 6.08. The zero-order valence-corrected chi connectivity index (χ0v) is 11.8. The maximum atomic E-state index is 8.88. The zero-order valence-electron chi connectivity index (χ0n) is 10.2. The zero-order chi connectivity index (χ0) is 13.3. The van der Waals surface area contributed by atoms with E-state index in [0.29, 0.717) is 10.2 Å². The van der Waals surface area contributed by atoms with Crippen LogP contribution < -0.4 is 4.74 Å². The molecule has 0 spiro atoms. The number of halogens is 1. The number of hydrogen-bond donors (Lipinski definition) is 0. The van der Waals surface area contributed by atoms with Gasteiger partial charge in [0.1, 0.15) is 16.3 Å². The summed E-state index contributed by atoms with van der Waals surface area (Å²) in [5, 5.41) is 12.6. The third-order valence-electron chi connectivity index (χ3n) is 2.61. The maximum absolute atomic E-state index is 8.88. The third-order valence-corrected chi connectivity index (χ3v) is 3.34. The molecule has 1 heterocycles. The van der Waals surface area contributed by atoms with Gasteiger partial charge in [0.2, 0.25) is 0 Å². The van der Waals surface area contributed by atoms with Gasteiger partial charge in [-0.2, -0.15) is 5.26 Å². The molecule has 0 aliphatic carbocycles. The SMILES string of the molecule is COc1c(C)cc(C)cc1-c1onc(C#N)c1Br. The lowest BCUT2D eigenvalue weighted by molar-refractivity contribution is 0.403. The van der Waals surface area contributed by atoms with Crippen LogP contribution in [0, 0.1) is 25.2 Å². The summed E-state index contributed by atoms with van der Waals surface area (Å²) in [5.41, 5.74) is 3.11. The van der Waals surface area contributed by atoms with Gasteiger partial charge in [-0.25, -0.2) is 0 Å². The quantitative estimate of drug-likeness (QED) is 0.850. The number of nitrogens with zero attached hydrogens (tertiary/aromatic N) is 2. The minimum absolute atomic E-state index is 0.228. The largest absolute Gasteiger partial charge is 0.496 e. The number of nitriles is 1. The van der Waals surface area contributed by atoms with Crippen LogP contribution in [0.4, 0.5) is 0 Å². The van der Waals surface area contributed by atoms with Crippen LogP contribution in [-0.4, -0.2) is 12.3 Å². The molecule has 0 atom stereocenters. The molecule has 2 rings (SSSR count). The van der Waals surface area contributed by atoms with E-state index in [2.05, 4.69) is 21.1 Å². The Morgan fingerprint density at radius 1 is 1.39 bits per heavy atom. The van der Waals surface area contributed by atoms with Gasteiger partial charge >= 0.3 is 0 Å². The third kappa shape index (κ3) is 2.00. The number of ether oxygens (including phenoxy) is 1. The van der Waals surface area contributed by atoms with Gasteiger partial charge in [-0.1, -0.05) is 11.2 Å². The van der Waals surface area contributed by atoms with Gasteiger partial charge in [0.05, 0.1) is 12.7 Å². The van der Waals surface area contributed by atoms with Crippen LogP contribution >= 0.6 is 15.9 Å². The lowest BCUT2D eigenvalue weighted by Gasteiger charge is -2.10. The van der Waals surface area contributed by atoms with Crippen molar-refractivity contribution >= 4 is 15.9 Å². The highest BCUT2D eigenvalue weighted by atomic mass is 79.9. The van der Waals surface area contributed by atoms with E-state index in [1.807, 2.05) is 32.0 Å². The van der Waals surface area contributed by atoms with Gasteiger partial charge in [0, 0.05) is 0 Å². The van der Waals surface area contributed by atoms with Crippen molar-refractivity contribution in [2.75, 3.05) is 7.11 Å². The highest BCUT2D eigenvalue weighted by molar-refractivity contribution is 9.10. The lowest BCUT2D eigenvalue weighted by Crippen LogP contribution is -1.92. The molecule has 0 fully saturated rings. The van der Waals surface area contributed by atoms with Gasteiger partial charge in [-0.15, -0.1) is 0 Å². The number of benzene rings is 1. The summed E-state index contributed by atoms with van der Waals surface area (Å²) in [6, 6.07) is 5.93. The van der Waals surface area contributed by atoms with Gasteiger partial charge < -0.3 is 9.26 Å². The second kappa shape index (κ2) is 4.83. The molecule has 0 radical (unpaired) electrons.